The average molecular weight is 558 g/mol. The van der Waals surface area contributed by atoms with E-state index in [0.29, 0.717) is 39.4 Å². The Morgan fingerprint density at radius 1 is 1.02 bits per heavy atom. The van der Waals surface area contributed by atoms with Gasteiger partial charge in [-0.15, -0.1) is 11.8 Å². The molecular formula is C30H31N5O4S. The number of nitrogens with one attached hydrogen (secondary N) is 1. The first-order valence-corrected chi connectivity index (χ1v) is 14.6. The van der Waals surface area contributed by atoms with E-state index >= 15 is 0 Å². The molecule has 206 valence electrons. The predicted octanol–water partition coefficient (Wildman–Crippen LogP) is 5.36. The molecule has 1 amide bonds. The summed E-state index contributed by atoms with van der Waals surface area (Å²) in [5, 5.41) is 3.83. The number of nitrogens with zero attached hydrogens (tertiary/aromatic N) is 3. The molecule has 0 bridgehead atoms. The van der Waals surface area contributed by atoms with E-state index in [1.807, 2.05) is 55.5 Å². The molecule has 1 aliphatic heterocycles. The van der Waals surface area contributed by atoms with Gasteiger partial charge in [-0.1, -0.05) is 25.0 Å². The van der Waals surface area contributed by atoms with Gasteiger partial charge < -0.3 is 20.5 Å². The van der Waals surface area contributed by atoms with E-state index < -0.39 is 5.91 Å². The molecule has 3 heterocycles. The van der Waals surface area contributed by atoms with Gasteiger partial charge in [-0.05, 0) is 63.1 Å². The van der Waals surface area contributed by atoms with Crippen molar-refractivity contribution in [2.75, 3.05) is 18.9 Å². The first-order valence-electron chi connectivity index (χ1n) is 13.7. The molecule has 0 spiro atoms. The van der Waals surface area contributed by atoms with Crippen molar-refractivity contribution in [2.45, 2.75) is 44.8 Å². The Hall–Kier alpha value is -4.05. The zero-order valence-electron chi connectivity index (χ0n) is 22.5. The first-order chi connectivity index (χ1) is 19.5. The molecule has 40 heavy (non-hydrogen) atoms. The number of para-hydroxylation sites is 2. The smallest absolute Gasteiger partial charge is 0.336 e. The Kier molecular flexibility index (Phi) is 7.10. The fourth-order valence-corrected chi connectivity index (χ4v) is 7.21. The third-order valence-electron chi connectivity index (χ3n) is 7.44. The molecule has 2 aromatic carbocycles. The van der Waals surface area contributed by atoms with Crippen molar-refractivity contribution in [1.82, 2.24) is 19.9 Å². The molecule has 1 aliphatic carbocycles. The maximum atomic E-state index is 14.0. The number of hydrogen-bond acceptors (Lipinski definition) is 8. The molecule has 0 unspecified atom stereocenters. The van der Waals surface area contributed by atoms with Crippen LogP contribution in [0.25, 0.3) is 27.9 Å². The monoisotopic (exact) mass is 557 g/mol. The fourth-order valence-electron chi connectivity index (χ4n) is 5.67. The number of aromatic nitrogens is 3. The summed E-state index contributed by atoms with van der Waals surface area (Å²) in [4.78, 5) is 36.7. The standard InChI is InChI=1S/C30H31N5O4S/c1-3-38-18-15-13-17(14-16-18)35-26(31)24(25-27(35)33-21-11-7-6-10-20(21)32-25)28(36)34-29-23(30(37)39-4-2)19-9-5-8-12-22(19)40-29/h6-7,10-11,13-16,19,22H,3-5,8-9,12,31H2,1-2H3,(H,34,36)/t19-,22+/m1/s1. The highest BCUT2D eigenvalue weighted by Gasteiger charge is 2.42. The largest absolute Gasteiger partial charge is 0.494 e. The van der Waals surface area contributed by atoms with Crippen molar-refractivity contribution in [2.24, 2.45) is 5.92 Å². The lowest BCUT2D eigenvalue weighted by atomic mass is 9.84. The van der Waals surface area contributed by atoms with Crippen LogP contribution in [0.2, 0.25) is 0 Å². The maximum absolute atomic E-state index is 14.0. The third-order valence-corrected chi connectivity index (χ3v) is 8.87. The molecule has 4 aromatic rings. The Morgan fingerprint density at radius 2 is 1.75 bits per heavy atom. The van der Waals surface area contributed by atoms with Gasteiger partial charge in [0.15, 0.2) is 5.65 Å². The summed E-state index contributed by atoms with van der Waals surface area (Å²) in [6, 6.07) is 15.0. The van der Waals surface area contributed by atoms with Crippen LogP contribution in [-0.4, -0.2) is 44.9 Å². The van der Waals surface area contributed by atoms with Crippen LogP contribution >= 0.6 is 11.8 Å². The van der Waals surface area contributed by atoms with Gasteiger partial charge in [-0.2, -0.15) is 0 Å². The number of fused-ring (bicyclic) bond motifs is 3. The first kappa shape index (κ1) is 26.2. The Labute approximate surface area is 236 Å². The minimum Gasteiger partial charge on any atom is -0.494 e. The normalized spacial score (nSPS) is 18.6. The summed E-state index contributed by atoms with van der Waals surface area (Å²) < 4.78 is 12.7. The molecule has 2 aromatic heterocycles. The number of anilines is 1. The summed E-state index contributed by atoms with van der Waals surface area (Å²) >= 11 is 1.55. The Morgan fingerprint density at radius 3 is 2.48 bits per heavy atom. The van der Waals surface area contributed by atoms with E-state index in [1.165, 1.54) is 0 Å². The minimum absolute atomic E-state index is 0.0689. The van der Waals surface area contributed by atoms with E-state index in [-0.39, 0.29) is 35.1 Å². The molecular weight excluding hydrogens is 526 g/mol. The maximum Gasteiger partial charge on any atom is 0.336 e. The van der Waals surface area contributed by atoms with Gasteiger partial charge in [0.2, 0.25) is 0 Å². The molecule has 0 radical (unpaired) electrons. The zero-order valence-corrected chi connectivity index (χ0v) is 23.3. The van der Waals surface area contributed by atoms with Crippen LogP contribution in [0.5, 0.6) is 5.75 Å². The molecule has 3 N–H and O–H groups in total. The molecule has 0 saturated heterocycles. The highest BCUT2D eigenvalue weighted by molar-refractivity contribution is 8.04. The van der Waals surface area contributed by atoms with Crippen molar-refractivity contribution >= 4 is 51.7 Å². The van der Waals surface area contributed by atoms with Crippen LogP contribution < -0.4 is 15.8 Å². The number of carbonyl (C=O) groups excluding carboxylic acids is 2. The number of hydrogen-bond donors (Lipinski definition) is 2. The van der Waals surface area contributed by atoms with Gasteiger partial charge in [-0.3, -0.25) is 9.36 Å². The van der Waals surface area contributed by atoms with Crippen LogP contribution in [0.15, 0.2) is 59.1 Å². The quantitative estimate of drug-likeness (QED) is 0.291. The average Bonchev–Trinajstić information content (AvgIpc) is 3.46. The van der Waals surface area contributed by atoms with Crippen molar-refractivity contribution in [3.63, 3.8) is 0 Å². The molecule has 2 aliphatic rings. The molecule has 2 atom stereocenters. The lowest BCUT2D eigenvalue weighted by molar-refractivity contribution is -0.139. The Bertz CT molecular complexity index is 1650. The van der Waals surface area contributed by atoms with Crippen LogP contribution in [0.3, 0.4) is 0 Å². The summed E-state index contributed by atoms with van der Waals surface area (Å²) in [5.74, 6) is 0.217. The number of thioether (sulfide) groups is 1. The summed E-state index contributed by atoms with van der Waals surface area (Å²) in [6.07, 6.45) is 4.06. The molecule has 9 nitrogen and oxygen atoms in total. The lowest BCUT2D eigenvalue weighted by Gasteiger charge is -2.25. The van der Waals surface area contributed by atoms with Crippen molar-refractivity contribution in [3.05, 3.63) is 64.7 Å². The number of ether oxygens (including phenoxy) is 2. The fraction of sp³-hybridized carbons (Fsp3) is 0.333. The highest BCUT2D eigenvalue weighted by Crippen LogP contribution is 2.48. The van der Waals surface area contributed by atoms with E-state index in [9.17, 15) is 9.59 Å². The van der Waals surface area contributed by atoms with E-state index in [1.54, 1.807) is 23.3 Å². The lowest BCUT2D eigenvalue weighted by Crippen LogP contribution is -2.26. The second kappa shape index (κ2) is 10.8. The molecule has 6 rings (SSSR count). The topological polar surface area (TPSA) is 121 Å². The summed E-state index contributed by atoms with van der Waals surface area (Å²) in [7, 11) is 0. The minimum atomic E-state index is -0.431. The molecule has 10 heteroatoms. The van der Waals surface area contributed by atoms with Gasteiger partial charge in [0.05, 0.1) is 34.8 Å². The SMILES string of the molecule is CCOC(=O)C1=C(NC(=O)c2c(N)n(-c3ccc(OCC)cc3)c3nc4ccccc4nc23)S[C@H]2CCCC[C@@H]12. The summed E-state index contributed by atoms with van der Waals surface area (Å²) in [6.45, 7) is 4.55. The zero-order chi connectivity index (χ0) is 27.8. The third kappa shape index (κ3) is 4.56. The number of nitrogens with two attached hydrogens (primary N) is 1. The second-order valence-electron chi connectivity index (χ2n) is 9.87. The van der Waals surface area contributed by atoms with E-state index in [2.05, 4.69) is 5.32 Å². The van der Waals surface area contributed by atoms with Crippen LogP contribution in [0.4, 0.5) is 5.82 Å². The van der Waals surface area contributed by atoms with Crippen molar-refractivity contribution in [1.29, 1.82) is 0 Å². The highest BCUT2D eigenvalue weighted by atomic mass is 32.2. The number of rotatable bonds is 7. The van der Waals surface area contributed by atoms with E-state index in [0.717, 1.165) is 37.1 Å². The van der Waals surface area contributed by atoms with Gasteiger partial charge in [0.1, 0.15) is 22.6 Å². The second-order valence-corrected chi connectivity index (χ2v) is 11.1. The molecule has 1 saturated carbocycles. The molecule has 1 fully saturated rings. The van der Waals surface area contributed by atoms with Crippen molar-refractivity contribution < 1.29 is 19.1 Å². The van der Waals surface area contributed by atoms with Gasteiger partial charge >= 0.3 is 5.97 Å². The number of esters is 1. The Balaban J connectivity index is 1.47. The number of benzene rings is 2. The van der Waals surface area contributed by atoms with Crippen molar-refractivity contribution in [3.8, 4) is 11.4 Å². The van der Waals surface area contributed by atoms with E-state index in [4.69, 9.17) is 25.2 Å². The number of nitrogen functional groups attached to an aromatic ring is 1. The van der Waals surface area contributed by atoms with Crippen LogP contribution in [0, 0.1) is 5.92 Å². The van der Waals surface area contributed by atoms with Gasteiger partial charge in [-0.25, -0.2) is 14.8 Å². The predicted molar refractivity (Wildman–Crippen MR) is 156 cm³/mol. The summed E-state index contributed by atoms with van der Waals surface area (Å²) in [5.41, 5.74) is 10.4. The number of amides is 1. The van der Waals surface area contributed by atoms with Gasteiger partial charge in [0, 0.05) is 16.9 Å². The van der Waals surface area contributed by atoms with Crippen LogP contribution in [0.1, 0.15) is 49.9 Å². The van der Waals surface area contributed by atoms with Gasteiger partial charge in [0.25, 0.3) is 5.91 Å². The number of carbonyl (C=O) groups is 2. The van der Waals surface area contributed by atoms with Crippen LogP contribution in [-0.2, 0) is 9.53 Å².